The van der Waals surface area contributed by atoms with Gasteiger partial charge in [0.05, 0.1) is 28.6 Å². The third kappa shape index (κ3) is 4.15. The minimum absolute atomic E-state index is 0.248. The van der Waals surface area contributed by atoms with Crippen molar-refractivity contribution in [1.82, 2.24) is 14.5 Å². The Bertz CT molecular complexity index is 2370. The number of rotatable bonds is 6. The fourth-order valence-electron chi connectivity index (χ4n) is 8.75. The Balaban J connectivity index is 1.36. The quantitative estimate of drug-likeness (QED) is 0.178. The van der Waals surface area contributed by atoms with Crippen LogP contribution in [0.25, 0.3) is 27.5 Å². The lowest BCUT2D eigenvalue weighted by Gasteiger charge is -2.42. The van der Waals surface area contributed by atoms with Crippen LogP contribution in [0.4, 0.5) is 34.3 Å². The molecular formula is C46H37N5. The number of fused-ring (bicyclic) bond motifs is 1. The van der Waals surface area contributed by atoms with Gasteiger partial charge in [0.25, 0.3) is 0 Å². The van der Waals surface area contributed by atoms with E-state index in [0.29, 0.717) is 0 Å². The summed E-state index contributed by atoms with van der Waals surface area (Å²) in [5.41, 5.74) is 14.1. The van der Waals surface area contributed by atoms with Crippen molar-refractivity contribution in [2.45, 2.75) is 38.5 Å². The molecule has 5 heteroatoms. The first-order valence-corrected chi connectivity index (χ1v) is 17.7. The van der Waals surface area contributed by atoms with E-state index in [9.17, 15) is 0 Å². The largest absolute Gasteiger partial charge is 0.309 e. The van der Waals surface area contributed by atoms with Crippen LogP contribution in [0.1, 0.15) is 49.9 Å². The van der Waals surface area contributed by atoms with E-state index in [4.69, 9.17) is 4.98 Å². The molecule has 2 aliphatic heterocycles. The van der Waals surface area contributed by atoms with E-state index in [2.05, 4.69) is 168 Å². The third-order valence-corrected chi connectivity index (χ3v) is 11.2. The molecule has 3 aromatic heterocycles. The maximum atomic E-state index is 4.88. The average molecular weight is 660 g/mol. The van der Waals surface area contributed by atoms with Crippen molar-refractivity contribution in [3.63, 3.8) is 0 Å². The van der Waals surface area contributed by atoms with Gasteiger partial charge < -0.3 is 9.47 Å². The van der Waals surface area contributed by atoms with Gasteiger partial charge in [0.1, 0.15) is 5.82 Å². The van der Waals surface area contributed by atoms with Crippen LogP contribution in [0.2, 0.25) is 0 Å². The summed E-state index contributed by atoms with van der Waals surface area (Å²) in [6.45, 7) is 9.57. The molecule has 5 aromatic carbocycles. The molecule has 0 spiro atoms. The van der Waals surface area contributed by atoms with Crippen LogP contribution in [0.3, 0.4) is 0 Å². The molecule has 0 unspecified atom stereocenters. The van der Waals surface area contributed by atoms with Crippen LogP contribution in [0.5, 0.6) is 0 Å². The van der Waals surface area contributed by atoms with E-state index >= 15 is 0 Å². The number of hydrogen-bond acceptors (Lipinski definition) is 4. The van der Waals surface area contributed by atoms with Gasteiger partial charge in [-0.2, -0.15) is 0 Å². The van der Waals surface area contributed by atoms with Crippen molar-refractivity contribution in [2.75, 3.05) is 9.80 Å². The number of hydrogen-bond donors (Lipinski definition) is 0. The molecule has 0 aliphatic carbocycles. The Labute approximate surface area is 298 Å². The Kier molecular flexibility index (Phi) is 6.20. The number of nitrogens with zero attached hydrogens (tertiary/aromatic N) is 5. The zero-order valence-electron chi connectivity index (χ0n) is 29.2. The molecule has 10 rings (SSSR count). The standard InChI is InChI=1S/C46H37N5/c1-45(2)37-20-13-21-38-44(37)51-42-35(25-33(27-39(42)45)49(30-15-7-5-8-16-30)32-19-14-23-47-29-32)36-26-34(28-40(43(36)51)46(38,3)4)50(31-17-9-6-10-18-31)41-22-11-12-24-48-41/h5-29H,1-4H3. The number of aromatic nitrogens is 3. The summed E-state index contributed by atoms with van der Waals surface area (Å²) in [7, 11) is 0. The van der Waals surface area contributed by atoms with Crippen molar-refractivity contribution < 1.29 is 0 Å². The van der Waals surface area contributed by atoms with E-state index in [1.807, 2.05) is 30.7 Å². The monoisotopic (exact) mass is 659 g/mol. The summed E-state index contributed by atoms with van der Waals surface area (Å²) in [4.78, 5) is 14.1. The minimum Gasteiger partial charge on any atom is -0.309 e. The van der Waals surface area contributed by atoms with E-state index in [-0.39, 0.29) is 10.8 Å². The van der Waals surface area contributed by atoms with Gasteiger partial charge >= 0.3 is 0 Å². The number of benzene rings is 5. The highest BCUT2D eigenvalue weighted by Gasteiger charge is 2.44. The summed E-state index contributed by atoms with van der Waals surface area (Å²) in [6, 6.07) is 48.1. The van der Waals surface area contributed by atoms with Crippen LogP contribution in [-0.2, 0) is 10.8 Å². The Morgan fingerprint density at radius 2 is 1.02 bits per heavy atom. The molecule has 246 valence electrons. The van der Waals surface area contributed by atoms with Gasteiger partial charge in [0.15, 0.2) is 0 Å². The van der Waals surface area contributed by atoms with Crippen molar-refractivity contribution >= 4 is 56.1 Å². The molecule has 0 fully saturated rings. The SMILES string of the molecule is CC1(C)c2cccc3c2-n2c4c1cc(N(c1ccccc1)c1cccnc1)cc4c1cc(N(c4ccccc4)c4ccccn4)cc(c12)C3(C)C. The van der Waals surface area contributed by atoms with Gasteiger partial charge in [-0.15, -0.1) is 0 Å². The maximum absolute atomic E-state index is 4.88. The molecule has 0 saturated heterocycles. The molecular weight excluding hydrogens is 623 g/mol. The first-order chi connectivity index (χ1) is 24.8. The van der Waals surface area contributed by atoms with Gasteiger partial charge in [-0.3, -0.25) is 9.88 Å². The number of anilines is 6. The van der Waals surface area contributed by atoms with Crippen LogP contribution in [0.15, 0.2) is 152 Å². The molecule has 0 N–H and O–H groups in total. The van der Waals surface area contributed by atoms with Gasteiger partial charge in [-0.25, -0.2) is 4.98 Å². The Morgan fingerprint density at radius 3 is 1.57 bits per heavy atom. The highest BCUT2D eigenvalue weighted by atomic mass is 15.2. The molecule has 0 bridgehead atoms. The molecule has 51 heavy (non-hydrogen) atoms. The van der Waals surface area contributed by atoms with E-state index in [1.54, 1.807) is 0 Å². The van der Waals surface area contributed by atoms with Crippen LogP contribution >= 0.6 is 0 Å². The van der Waals surface area contributed by atoms with Gasteiger partial charge in [-0.1, -0.05) is 88.4 Å². The van der Waals surface area contributed by atoms with Gasteiger partial charge in [0, 0.05) is 56.7 Å². The molecule has 0 amide bonds. The smallest absolute Gasteiger partial charge is 0.137 e. The molecule has 8 aromatic rings. The van der Waals surface area contributed by atoms with Crippen molar-refractivity contribution in [3.8, 4) is 5.69 Å². The molecule has 0 saturated carbocycles. The lowest BCUT2D eigenvalue weighted by molar-refractivity contribution is 0.593. The van der Waals surface area contributed by atoms with Crippen molar-refractivity contribution in [3.05, 3.63) is 174 Å². The summed E-state index contributed by atoms with van der Waals surface area (Å²) in [5, 5.41) is 2.48. The lowest BCUT2D eigenvalue weighted by Crippen LogP contribution is -2.33. The molecule has 5 nitrogen and oxygen atoms in total. The van der Waals surface area contributed by atoms with Gasteiger partial charge in [0.2, 0.25) is 0 Å². The second kappa shape index (κ2) is 10.6. The Hall–Kier alpha value is -6.20. The van der Waals surface area contributed by atoms with Gasteiger partial charge in [-0.05, 0) is 95.1 Å². The summed E-state index contributed by atoms with van der Waals surface area (Å²) in [5.74, 6) is 0.883. The zero-order valence-corrected chi connectivity index (χ0v) is 29.2. The maximum Gasteiger partial charge on any atom is 0.137 e. The fourth-order valence-corrected chi connectivity index (χ4v) is 8.75. The molecule has 0 atom stereocenters. The first-order valence-electron chi connectivity index (χ1n) is 17.7. The fraction of sp³-hybridized carbons (Fsp3) is 0.130. The Morgan fingerprint density at radius 1 is 0.471 bits per heavy atom. The second-order valence-electron chi connectivity index (χ2n) is 14.8. The highest BCUT2D eigenvalue weighted by molar-refractivity contribution is 6.16. The van der Waals surface area contributed by atoms with E-state index in [1.165, 1.54) is 49.7 Å². The van der Waals surface area contributed by atoms with Crippen LogP contribution in [-0.4, -0.2) is 14.5 Å². The number of para-hydroxylation sites is 3. The molecule has 5 heterocycles. The summed E-state index contributed by atoms with van der Waals surface area (Å²) in [6.07, 6.45) is 5.67. The average Bonchev–Trinajstić information content (AvgIpc) is 3.49. The molecule has 2 aliphatic rings. The predicted octanol–water partition coefficient (Wildman–Crippen LogP) is 11.8. The predicted molar refractivity (Wildman–Crippen MR) is 210 cm³/mol. The minimum atomic E-state index is -0.251. The zero-order chi connectivity index (χ0) is 34.5. The lowest BCUT2D eigenvalue weighted by atomic mass is 9.68. The molecule has 0 radical (unpaired) electrons. The van der Waals surface area contributed by atoms with Crippen molar-refractivity contribution in [1.29, 1.82) is 0 Å². The van der Waals surface area contributed by atoms with E-state index in [0.717, 1.165) is 34.3 Å². The van der Waals surface area contributed by atoms with Crippen LogP contribution < -0.4 is 9.80 Å². The second-order valence-corrected chi connectivity index (χ2v) is 14.8. The topological polar surface area (TPSA) is 37.2 Å². The third-order valence-electron chi connectivity index (χ3n) is 11.2. The van der Waals surface area contributed by atoms with Crippen molar-refractivity contribution in [2.24, 2.45) is 0 Å². The van der Waals surface area contributed by atoms with Crippen LogP contribution in [0, 0.1) is 0 Å². The first kappa shape index (κ1) is 29.7. The summed E-state index contributed by atoms with van der Waals surface area (Å²) >= 11 is 0. The normalized spacial score (nSPS) is 14.6. The van der Waals surface area contributed by atoms with E-state index < -0.39 is 0 Å². The number of pyridine rings is 2. The summed E-state index contributed by atoms with van der Waals surface area (Å²) < 4.78 is 2.59. The highest BCUT2D eigenvalue weighted by Crippen LogP contribution is 2.57.